The lowest BCUT2D eigenvalue weighted by atomic mass is 10.0. The van der Waals surface area contributed by atoms with Gasteiger partial charge < -0.3 is 16.5 Å². The molecular weight excluding hydrogens is 236 g/mol. The zero-order valence-electron chi connectivity index (χ0n) is 13.0. The van der Waals surface area contributed by atoms with E-state index >= 15 is 0 Å². The van der Waals surface area contributed by atoms with Crippen molar-refractivity contribution in [3.63, 3.8) is 0 Å². The molecular formula is C15H32N4. The third-order valence-corrected chi connectivity index (χ3v) is 2.20. The third-order valence-electron chi connectivity index (χ3n) is 2.20. The lowest BCUT2D eigenvalue weighted by molar-refractivity contribution is 0.400. The van der Waals surface area contributed by atoms with Gasteiger partial charge in [-0.3, -0.25) is 0 Å². The summed E-state index contributed by atoms with van der Waals surface area (Å²) in [4.78, 5) is 0. The van der Waals surface area contributed by atoms with Crippen molar-refractivity contribution in [1.29, 1.82) is 0 Å². The predicted octanol–water partition coefficient (Wildman–Crippen LogP) is 2.64. The van der Waals surface area contributed by atoms with Crippen molar-refractivity contribution in [2.45, 2.75) is 47.0 Å². The van der Waals surface area contributed by atoms with E-state index in [1.807, 2.05) is 27.7 Å². The number of hydrogen-bond acceptors (Lipinski definition) is 4. The molecule has 1 aliphatic rings. The van der Waals surface area contributed by atoms with E-state index in [2.05, 4.69) is 18.2 Å². The van der Waals surface area contributed by atoms with Gasteiger partial charge in [0, 0.05) is 31.4 Å². The molecule has 0 aliphatic heterocycles. The van der Waals surface area contributed by atoms with Crippen molar-refractivity contribution < 1.29 is 0 Å². The van der Waals surface area contributed by atoms with Crippen LogP contribution in [-0.4, -0.2) is 18.1 Å². The molecule has 4 nitrogen and oxygen atoms in total. The van der Waals surface area contributed by atoms with Crippen LogP contribution in [0.1, 0.15) is 47.0 Å². The van der Waals surface area contributed by atoms with Crippen molar-refractivity contribution in [2.75, 3.05) is 13.1 Å². The van der Waals surface area contributed by atoms with Crippen LogP contribution in [-0.2, 0) is 0 Å². The van der Waals surface area contributed by atoms with Gasteiger partial charge in [0.15, 0.2) is 0 Å². The fourth-order valence-corrected chi connectivity index (χ4v) is 1.51. The van der Waals surface area contributed by atoms with E-state index < -0.39 is 0 Å². The molecule has 0 saturated carbocycles. The first kappa shape index (κ1) is 20.1. The molecule has 0 amide bonds. The molecule has 0 aromatic heterocycles. The van der Waals surface area contributed by atoms with Crippen LogP contribution in [0.2, 0.25) is 0 Å². The van der Waals surface area contributed by atoms with Gasteiger partial charge >= 0.3 is 0 Å². The number of nitrogens with two attached hydrogens (primary N) is 3. The summed E-state index contributed by atoms with van der Waals surface area (Å²) >= 11 is 0. The smallest absolute Gasteiger partial charge is 0.0458 e. The number of nitrogens with zero attached hydrogens (tertiary/aromatic N) is 1. The lowest BCUT2D eigenvalue weighted by Gasteiger charge is -2.14. The van der Waals surface area contributed by atoms with Gasteiger partial charge in [-0.15, -0.1) is 0 Å². The Balaban J connectivity index is 0. The minimum absolute atomic E-state index is 0.531. The molecule has 0 heterocycles. The molecule has 1 rings (SSSR count). The molecule has 0 bridgehead atoms. The summed E-state index contributed by atoms with van der Waals surface area (Å²) in [5, 5.41) is 1.53. The Morgan fingerprint density at radius 2 is 1.89 bits per heavy atom. The number of allylic oxidation sites excluding steroid dienone is 4. The van der Waals surface area contributed by atoms with Gasteiger partial charge in [-0.2, -0.15) is 0 Å². The van der Waals surface area contributed by atoms with Gasteiger partial charge in [0.1, 0.15) is 0 Å². The first-order chi connectivity index (χ1) is 9.22. The summed E-state index contributed by atoms with van der Waals surface area (Å²) in [5.74, 6) is 5.65. The Labute approximate surface area is 119 Å². The monoisotopic (exact) mass is 268 g/mol. The highest BCUT2D eigenvalue weighted by Gasteiger charge is 2.00. The second-order valence-electron chi connectivity index (χ2n) is 3.67. The first-order valence-electron chi connectivity index (χ1n) is 7.25. The fraction of sp³-hybridized carbons (Fsp3) is 0.600. The molecule has 0 radical (unpaired) electrons. The largest absolute Gasteiger partial charge is 0.401 e. The van der Waals surface area contributed by atoms with Gasteiger partial charge in [0.25, 0.3) is 0 Å². The van der Waals surface area contributed by atoms with Gasteiger partial charge in [-0.25, -0.2) is 5.84 Å². The summed E-state index contributed by atoms with van der Waals surface area (Å²) in [7, 11) is 0. The molecule has 0 saturated heterocycles. The quantitative estimate of drug-likeness (QED) is 0.529. The molecule has 0 spiro atoms. The molecule has 6 N–H and O–H groups in total. The second kappa shape index (κ2) is 14.8. The van der Waals surface area contributed by atoms with Crippen molar-refractivity contribution in [2.24, 2.45) is 17.3 Å². The van der Waals surface area contributed by atoms with Crippen molar-refractivity contribution >= 4 is 0 Å². The van der Waals surface area contributed by atoms with Gasteiger partial charge in [-0.1, -0.05) is 45.9 Å². The van der Waals surface area contributed by atoms with Crippen molar-refractivity contribution in [3.8, 4) is 0 Å². The van der Waals surface area contributed by atoms with E-state index in [1.165, 1.54) is 10.6 Å². The Kier molecular flexibility index (Phi) is 15.6. The van der Waals surface area contributed by atoms with Crippen LogP contribution in [0.5, 0.6) is 0 Å². The van der Waals surface area contributed by atoms with Crippen LogP contribution in [0.15, 0.2) is 35.7 Å². The number of hydrogen-bond donors (Lipinski definition) is 3. The molecule has 0 fully saturated rings. The van der Waals surface area contributed by atoms with E-state index in [9.17, 15) is 0 Å². The van der Waals surface area contributed by atoms with E-state index in [-0.39, 0.29) is 0 Å². The molecule has 0 unspecified atom stereocenters. The number of hydrazine groups is 1. The molecule has 0 aromatic carbocycles. The van der Waals surface area contributed by atoms with Crippen LogP contribution < -0.4 is 17.3 Å². The highest BCUT2D eigenvalue weighted by atomic mass is 15.4. The SMILES string of the molecule is CC.CC.NCCN(N)/C=C(\N)CC1=CCCC=C1. The molecule has 19 heavy (non-hydrogen) atoms. The summed E-state index contributed by atoms with van der Waals surface area (Å²) in [5.41, 5.74) is 13.3. The molecule has 112 valence electrons. The van der Waals surface area contributed by atoms with Crippen LogP contribution in [0.25, 0.3) is 0 Å². The highest BCUT2D eigenvalue weighted by Crippen LogP contribution is 2.15. The number of rotatable bonds is 5. The maximum atomic E-state index is 5.86. The first-order valence-corrected chi connectivity index (χ1v) is 7.25. The second-order valence-corrected chi connectivity index (χ2v) is 3.67. The molecule has 0 aromatic rings. The maximum Gasteiger partial charge on any atom is 0.0458 e. The fourth-order valence-electron chi connectivity index (χ4n) is 1.51. The molecule has 0 atom stereocenters. The van der Waals surface area contributed by atoms with Gasteiger partial charge in [-0.05, 0) is 18.4 Å². The van der Waals surface area contributed by atoms with Crippen LogP contribution >= 0.6 is 0 Å². The minimum Gasteiger partial charge on any atom is -0.401 e. The maximum absolute atomic E-state index is 5.86. The Bertz CT molecular complexity index is 280. The van der Waals surface area contributed by atoms with E-state index in [0.29, 0.717) is 13.1 Å². The average molecular weight is 268 g/mol. The molecule has 1 aliphatic carbocycles. The highest BCUT2D eigenvalue weighted by molar-refractivity contribution is 5.26. The van der Waals surface area contributed by atoms with Gasteiger partial charge in [0.2, 0.25) is 0 Å². The Morgan fingerprint density at radius 3 is 2.37 bits per heavy atom. The summed E-state index contributed by atoms with van der Waals surface area (Å²) in [6, 6.07) is 0. The summed E-state index contributed by atoms with van der Waals surface area (Å²) in [6.45, 7) is 9.15. The molecule has 4 heteroatoms. The Morgan fingerprint density at radius 1 is 1.26 bits per heavy atom. The van der Waals surface area contributed by atoms with Crippen LogP contribution in [0.3, 0.4) is 0 Å². The normalized spacial score (nSPS) is 13.6. The minimum atomic E-state index is 0.531. The topological polar surface area (TPSA) is 81.3 Å². The van der Waals surface area contributed by atoms with Crippen molar-refractivity contribution in [1.82, 2.24) is 5.01 Å². The van der Waals surface area contributed by atoms with Gasteiger partial charge in [0.05, 0.1) is 0 Å². The third kappa shape index (κ3) is 11.6. The average Bonchev–Trinajstić information content (AvgIpc) is 2.44. The lowest BCUT2D eigenvalue weighted by Crippen LogP contribution is -2.31. The predicted molar refractivity (Wildman–Crippen MR) is 86.0 cm³/mol. The Hall–Kier alpha value is -1.26. The summed E-state index contributed by atoms with van der Waals surface area (Å²) in [6.07, 6.45) is 11.2. The van der Waals surface area contributed by atoms with Crippen molar-refractivity contribution in [3.05, 3.63) is 35.7 Å². The standard InChI is InChI=1S/C11H20N4.2C2H6/c12-6-7-15(14)9-11(13)8-10-4-2-1-3-5-10;2*1-2/h2,4-5,9H,1,3,6-8,12-14H2;2*1-2H3/b11-9-;;. The van der Waals surface area contributed by atoms with Crippen LogP contribution in [0, 0.1) is 0 Å². The van der Waals surface area contributed by atoms with E-state index in [4.69, 9.17) is 17.3 Å². The van der Waals surface area contributed by atoms with E-state index in [0.717, 1.165) is 25.0 Å². The van der Waals surface area contributed by atoms with Crippen LogP contribution in [0.4, 0.5) is 0 Å². The zero-order chi connectivity index (χ0) is 15.1. The zero-order valence-corrected chi connectivity index (χ0v) is 13.0. The summed E-state index contributed by atoms with van der Waals surface area (Å²) < 4.78 is 0. The van der Waals surface area contributed by atoms with E-state index in [1.54, 1.807) is 6.20 Å².